The van der Waals surface area contributed by atoms with Gasteiger partial charge in [-0.05, 0) is 31.4 Å². The van der Waals surface area contributed by atoms with E-state index in [9.17, 15) is 9.36 Å². The largest absolute Gasteiger partial charge is 0.465 e. The minimum Gasteiger partial charge on any atom is -0.465 e. The van der Waals surface area contributed by atoms with Gasteiger partial charge < -0.3 is 29.6 Å². The number of benzene rings is 1. The molecule has 41 heavy (non-hydrogen) atoms. The van der Waals surface area contributed by atoms with Crippen molar-refractivity contribution in [1.29, 1.82) is 0 Å². The molecule has 0 aliphatic heterocycles. The fourth-order valence-corrected chi connectivity index (χ4v) is 5.96. The normalized spacial score (nSPS) is 15.1. The number of nitrogens with two attached hydrogens (primary N) is 1. The van der Waals surface area contributed by atoms with Crippen LogP contribution in [0.1, 0.15) is 25.3 Å². The van der Waals surface area contributed by atoms with E-state index >= 15 is 0 Å². The molecule has 2 aromatic heterocycles. The number of carbonyl (C=O) groups is 1. The molecular weight excluding hydrogens is 545 g/mol. The van der Waals surface area contributed by atoms with Crippen LogP contribution in [0.5, 0.6) is 0 Å². The number of hydrogen-bond acceptors (Lipinski definition) is 10. The molecular formula is C28H36N7O5P. The van der Waals surface area contributed by atoms with Crippen molar-refractivity contribution in [1.82, 2.24) is 24.6 Å². The maximum absolute atomic E-state index is 14.2. The van der Waals surface area contributed by atoms with Gasteiger partial charge in [-0.25, -0.2) is 10.1 Å². The summed E-state index contributed by atoms with van der Waals surface area (Å²) >= 11 is 0. The lowest BCUT2D eigenvalue weighted by Crippen LogP contribution is -2.39. The number of allylic oxidation sites excluding steroid dienone is 4. The van der Waals surface area contributed by atoms with Crippen molar-refractivity contribution in [3.63, 3.8) is 0 Å². The molecule has 2 atom stereocenters. The summed E-state index contributed by atoms with van der Waals surface area (Å²) in [5.41, 5.74) is 7.89. The Hall–Kier alpha value is -3.99. The van der Waals surface area contributed by atoms with E-state index in [0.717, 1.165) is 12.0 Å². The molecule has 0 bridgehead atoms. The van der Waals surface area contributed by atoms with Gasteiger partial charge in [-0.15, -0.1) is 6.58 Å². The highest BCUT2D eigenvalue weighted by molar-refractivity contribution is 7.56. The van der Waals surface area contributed by atoms with Gasteiger partial charge in [0.25, 0.3) is 0 Å². The minimum absolute atomic E-state index is 0.104. The van der Waals surface area contributed by atoms with E-state index in [1.165, 1.54) is 0 Å². The van der Waals surface area contributed by atoms with Crippen molar-refractivity contribution in [3.8, 4) is 0 Å². The number of nitrogens with one attached hydrogen (secondary N) is 2. The average Bonchev–Trinajstić information content (AvgIpc) is 3.37. The van der Waals surface area contributed by atoms with Gasteiger partial charge in [0, 0.05) is 19.5 Å². The summed E-state index contributed by atoms with van der Waals surface area (Å²) in [7, 11) is -3.71. The third kappa shape index (κ3) is 8.50. The zero-order chi connectivity index (χ0) is 29.1. The number of nitrogen functional groups attached to an aromatic ring is 1. The summed E-state index contributed by atoms with van der Waals surface area (Å²) in [4.78, 5) is 25.8. The predicted molar refractivity (Wildman–Crippen MR) is 158 cm³/mol. The van der Waals surface area contributed by atoms with Crippen molar-refractivity contribution >= 4 is 36.4 Å². The number of imidazole rings is 1. The topological polar surface area (TPSA) is 156 Å². The molecule has 1 aliphatic carbocycles. The van der Waals surface area contributed by atoms with Gasteiger partial charge in [0.1, 0.15) is 18.1 Å². The minimum atomic E-state index is -3.71. The van der Waals surface area contributed by atoms with Crippen LogP contribution in [0.25, 0.3) is 11.2 Å². The van der Waals surface area contributed by atoms with Gasteiger partial charge in [-0.1, -0.05) is 48.6 Å². The number of aromatic nitrogens is 4. The van der Waals surface area contributed by atoms with Crippen molar-refractivity contribution in [3.05, 3.63) is 78.9 Å². The molecule has 3 aromatic rings. The molecule has 1 unspecified atom stereocenters. The average molecular weight is 582 g/mol. The van der Waals surface area contributed by atoms with Crippen LogP contribution in [0.2, 0.25) is 0 Å². The van der Waals surface area contributed by atoms with E-state index in [4.69, 9.17) is 19.7 Å². The molecule has 0 fully saturated rings. The third-order valence-corrected chi connectivity index (χ3v) is 7.84. The molecule has 4 rings (SSSR count). The molecule has 0 radical (unpaired) electrons. The fourth-order valence-electron chi connectivity index (χ4n) is 4.21. The Morgan fingerprint density at radius 2 is 2.12 bits per heavy atom. The standard InChI is InChI=1S/C28H36N7O5P/c1-3-15-30-25-24-26(33-28(29)32-25)35(19-31-24)16-17-38-20-41(37,40-22-13-9-6-10-14-22)34-23(27(36)39-4-2)18-21-11-7-5-8-12-21/h3,5-9,11-13,19,23H,1,4,10,14-18,20H2,2H3,(H,34,37)(H3,29,30,32,33)/t23-,41?/m0/s1. The third-order valence-electron chi connectivity index (χ3n) is 6.08. The summed E-state index contributed by atoms with van der Waals surface area (Å²) < 4.78 is 33.1. The zero-order valence-corrected chi connectivity index (χ0v) is 24.0. The Labute approximate surface area is 239 Å². The van der Waals surface area contributed by atoms with Crippen LogP contribution >= 0.6 is 7.52 Å². The highest BCUT2D eigenvalue weighted by Crippen LogP contribution is 2.47. The Morgan fingerprint density at radius 1 is 1.29 bits per heavy atom. The number of fused-ring (bicyclic) bond motifs is 1. The van der Waals surface area contributed by atoms with E-state index < -0.39 is 19.5 Å². The number of rotatable bonds is 16. The first-order chi connectivity index (χ1) is 19.9. The van der Waals surface area contributed by atoms with Gasteiger partial charge in [0.2, 0.25) is 5.95 Å². The number of esters is 1. The quantitative estimate of drug-likeness (QED) is 0.0965. The van der Waals surface area contributed by atoms with Gasteiger partial charge in [-0.2, -0.15) is 9.97 Å². The molecule has 0 saturated heterocycles. The van der Waals surface area contributed by atoms with Gasteiger partial charge in [0.05, 0.1) is 19.5 Å². The summed E-state index contributed by atoms with van der Waals surface area (Å²) in [6.45, 7) is 6.63. The van der Waals surface area contributed by atoms with Crippen molar-refractivity contribution in [2.75, 3.05) is 37.2 Å². The lowest BCUT2D eigenvalue weighted by molar-refractivity contribution is -0.145. The smallest absolute Gasteiger partial charge is 0.342 e. The molecule has 12 nitrogen and oxygen atoms in total. The number of hydrogen-bond donors (Lipinski definition) is 3. The van der Waals surface area contributed by atoms with Crippen LogP contribution in [-0.2, 0) is 36.3 Å². The summed E-state index contributed by atoms with van der Waals surface area (Å²) in [5, 5.41) is 6.07. The Balaban J connectivity index is 1.47. The summed E-state index contributed by atoms with van der Waals surface area (Å²) in [6.07, 6.45) is 10.3. The molecule has 1 aromatic carbocycles. The van der Waals surface area contributed by atoms with Crippen molar-refractivity contribution < 1.29 is 23.4 Å². The predicted octanol–water partition coefficient (Wildman–Crippen LogP) is 4.19. The van der Waals surface area contributed by atoms with E-state index in [2.05, 4.69) is 31.9 Å². The molecule has 0 saturated carbocycles. The molecule has 2 heterocycles. The van der Waals surface area contributed by atoms with Crippen LogP contribution in [0.3, 0.4) is 0 Å². The first-order valence-electron chi connectivity index (χ1n) is 13.4. The second-order valence-corrected chi connectivity index (χ2v) is 11.3. The number of nitrogens with zero attached hydrogens (tertiary/aromatic N) is 4. The Bertz CT molecular complexity index is 1440. The molecule has 1 aliphatic rings. The highest BCUT2D eigenvalue weighted by Gasteiger charge is 2.34. The van der Waals surface area contributed by atoms with Gasteiger partial charge >= 0.3 is 13.5 Å². The summed E-state index contributed by atoms with van der Waals surface area (Å²) in [5.74, 6) is 0.654. The SMILES string of the molecule is C=CCNc1nc(N)nc2c1ncn2CCOCP(=O)(N[C@@H](Cc1ccccc1)C(=O)OCC)OC1=CC=CCC1. The zero-order valence-electron chi connectivity index (χ0n) is 23.1. The van der Waals surface area contributed by atoms with Crippen LogP contribution in [0.15, 0.2) is 73.3 Å². The maximum atomic E-state index is 14.2. The molecule has 4 N–H and O–H groups in total. The Morgan fingerprint density at radius 3 is 2.85 bits per heavy atom. The Kier molecular flexibility index (Phi) is 10.7. The van der Waals surface area contributed by atoms with Crippen molar-refractivity contribution in [2.45, 2.75) is 38.8 Å². The van der Waals surface area contributed by atoms with Crippen LogP contribution in [-0.4, -0.2) is 57.6 Å². The molecule has 0 amide bonds. The van der Waals surface area contributed by atoms with E-state index in [1.807, 2.05) is 42.5 Å². The first kappa shape index (κ1) is 30.0. The van der Waals surface area contributed by atoms with Crippen LogP contribution in [0.4, 0.5) is 11.8 Å². The summed E-state index contributed by atoms with van der Waals surface area (Å²) in [6, 6.07) is 8.55. The van der Waals surface area contributed by atoms with E-state index in [-0.39, 0.29) is 31.9 Å². The highest BCUT2D eigenvalue weighted by atomic mass is 31.2. The second-order valence-electron chi connectivity index (χ2n) is 9.24. The molecule has 0 spiro atoms. The van der Waals surface area contributed by atoms with Crippen molar-refractivity contribution in [2.24, 2.45) is 0 Å². The van der Waals surface area contributed by atoms with E-state index in [0.29, 0.717) is 42.3 Å². The monoisotopic (exact) mass is 581 g/mol. The van der Waals surface area contributed by atoms with Gasteiger partial charge in [-0.3, -0.25) is 9.36 Å². The van der Waals surface area contributed by atoms with Gasteiger partial charge in [0.15, 0.2) is 17.0 Å². The molecule has 13 heteroatoms. The number of anilines is 2. The number of carbonyl (C=O) groups excluding carboxylic acids is 1. The fraction of sp³-hybridized carbons (Fsp3) is 0.357. The molecule has 218 valence electrons. The van der Waals surface area contributed by atoms with Crippen LogP contribution < -0.4 is 16.1 Å². The van der Waals surface area contributed by atoms with Crippen LogP contribution in [0, 0.1) is 0 Å². The lowest BCUT2D eigenvalue weighted by atomic mass is 10.1. The lowest BCUT2D eigenvalue weighted by Gasteiger charge is -2.26. The van der Waals surface area contributed by atoms with E-state index in [1.54, 1.807) is 30.0 Å². The first-order valence-corrected chi connectivity index (χ1v) is 15.3. The second kappa shape index (κ2) is 14.6. The number of ether oxygens (including phenoxy) is 2. The maximum Gasteiger partial charge on any atom is 0.342 e.